The quantitative estimate of drug-likeness (QED) is 0.779. The van der Waals surface area contributed by atoms with Crippen molar-refractivity contribution in [3.05, 3.63) is 29.3 Å². The first-order chi connectivity index (χ1) is 12.6. The van der Waals surface area contributed by atoms with Crippen LogP contribution in [0.1, 0.15) is 61.4 Å². The van der Waals surface area contributed by atoms with Gasteiger partial charge in [-0.25, -0.2) is 0 Å². The van der Waals surface area contributed by atoms with Crippen LogP contribution in [-0.2, 0) is 4.79 Å². The molecule has 1 aliphatic heterocycles. The zero-order valence-corrected chi connectivity index (χ0v) is 15.5. The molecular weight excluding hydrogens is 326 g/mol. The van der Waals surface area contributed by atoms with Gasteiger partial charge in [0.1, 0.15) is 6.07 Å². The summed E-state index contributed by atoms with van der Waals surface area (Å²) in [6, 6.07) is 7.44. The molecule has 1 saturated heterocycles. The Bertz CT molecular complexity index is 708. The van der Waals surface area contributed by atoms with Gasteiger partial charge in [0.25, 0.3) is 0 Å². The number of Topliss-reactive ketones (excluding diaryl/α,β-unsaturated/α-hetero) is 1. The standard InChI is InChI=1S/C21H27N3O2/c1-16(25)18-7-8-19(15-22)20(14-18)23-9-11-24(12-10-23)21(26)13-17-5-3-2-4-6-17/h7-8,14,17H,2-6,9-13H2,1H3. The lowest BCUT2D eigenvalue weighted by molar-refractivity contribution is -0.132. The van der Waals surface area contributed by atoms with Crippen molar-refractivity contribution in [1.82, 2.24) is 4.90 Å². The molecule has 0 bridgehead atoms. The third kappa shape index (κ3) is 4.24. The summed E-state index contributed by atoms with van der Waals surface area (Å²) >= 11 is 0. The van der Waals surface area contributed by atoms with E-state index in [0.29, 0.717) is 49.6 Å². The molecular formula is C21H27N3O2. The number of hydrogen-bond donors (Lipinski definition) is 0. The Morgan fingerprint density at radius 3 is 2.42 bits per heavy atom. The Kier molecular flexibility index (Phi) is 5.92. The first-order valence-electron chi connectivity index (χ1n) is 9.66. The second kappa shape index (κ2) is 8.35. The minimum Gasteiger partial charge on any atom is -0.367 e. The van der Waals surface area contributed by atoms with Gasteiger partial charge >= 0.3 is 0 Å². The van der Waals surface area contributed by atoms with Gasteiger partial charge in [-0.3, -0.25) is 9.59 Å². The molecule has 0 radical (unpaired) electrons. The number of amides is 1. The molecule has 1 aromatic carbocycles. The number of ketones is 1. The van der Waals surface area contributed by atoms with Crippen LogP contribution in [0, 0.1) is 17.2 Å². The predicted molar refractivity (Wildman–Crippen MR) is 101 cm³/mol. The van der Waals surface area contributed by atoms with Crippen LogP contribution in [0.4, 0.5) is 5.69 Å². The Morgan fingerprint density at radius 2 is 1.81 bits per heavy atom. The van der Waals surface area contributed by atoms with Crippen LogP contribution in [0.5, 0.6) is 0 Å². The zero-order valence-electron chi connectivity index (χ0n) is 15.5. The summed E-state index contributed by atoms with van der Waals surface area (Å²) in [5.41, 5.74) is 2.01. The average Bonchev–Trinajstić information content (AvgIpc) is 2.68. The summed E-state index contributed by atoms with van der Waals surface area (Å²) in [5, 5.41) is 9.37. The molecule has 5 nitrogen and oxygen atoms in total. The van der Waals surface area contributed by atoms with Crippen molar-refractivity contribution in [3.63, 3.8) is 0 Å². The molecule has 26 heavy (non-hydrogen) atoms. The number of nitriles is 1. The highest BCUT2D eigenvalue weighted by atomic mass is 16.2. The van der Waals surface area contributed by atoms with Crippen LogP contribution in [0.25, 0.3) is 0 Å². The molecule has 138 valence electrons. The third-order valence-electron chi connectivity index (χ3n) is 5.69. The number of anilines is 1. The van der Waals surface area contributed by atoms with Gasteiger partial charge in [-0.2, -0.15) is 5.26 Å². The van der Waals surface area contributed by atoms with E-state index >= 15 is 0 Å². The lowest BCUT2D eigenvalue weighted by Crippen LogP contribution is -2.49. The van der Waals surface area contributed by atoms with Crippen molar-refractivity contribution in [2.24, 2.45) is 5.92 Å². The number of hydrogen-bond acceptors (Lipinski definition) is 4. The second-order valence-corrected chi connectivity index (χ2v) is 7.48. The zero-order chi connectivity index (χ0) is 18.5. The molecule has 2 fully saturated rings. The van der Waals surface area contributed by atoms with Gasteiger partial charge < -0.3 is 9.80 Å². The smallest absolute Gasteiger partial charge is 0.222 e. The van der Waals surface area contributed by atoms with E-state index in [0.717, 1.165) is 5.69 Å². The molecule has 5 heteroatoms. The van der Waals surface area contributed by atoms with Crippen molar-refractivity contribution in [3.8, 4) is 6.07 Å². The molecule has 0 aromatic heterocycles. The summed E-state index contributed by atoms with van der Waals surface area (Å²) in [4.78, 5) is 28.3. The van der Waals surface area contributed by atoms with E-state index in [1.54, 1.807) is 18.2 Å². The van der Waals surface area contributed by atoms with Gasteiger partial charge in [-0.15, -0.1) is 0 Å². The molecule has 0 N–H and O–H groups in total. The van der Waals surface area contributed by atoms with Crippen LogP contribution in [0.2, 0.25) is 0 Å². The van der Waals surface area contributed by atoms with Gasteiger partial charge in [0.05, 0.1) is 11.3 Å². The highest BCUT2D eigenvalue weighted by molar-refractivity contribution is 5.95. The van der Waals surface area contributed by atoms with Crippen molar-refractivity contribution in [2.45, 2.75) is 45.4 Å². The molecule has 3 rings (SSSR count). The fourth-order valence-corrected chi connectivity index (χ4v) is 4.07. The number of carbonyl (C=O) groups excluding carboxylic acids is 2. The highest BCUT2D eigenvalue weighted by Gasteiger charge is 2.25. The lowest BCUT2D eigenvalue weighted by atomic mass is 9.86. The fourth-order valence-electron chi connectivity index (χ4n) is 4.07. The summed E-state index contributed by atoms with van der Waals surface area (Å²) in [5.74, 6) is 0.832. The van der Waals surface area contributed by atoms with Crippen molar-refractivity contribution >= 4 is 17.4 Å². The number of benzene rings is 1. The van der Waals surface area contributed by atoms with Gasteiger partial charge in [0, 0.05) is 38.2 Å². The Morgan fingerprint density at radius 1 is 1.12 bits per heavy atom. The first-order valence-corrected chi connectivity index (χ1v) is 9.66. The largest absolute Gasteiger partial charge is 0.367 e. The number of carbonyl (C=O) groups is 2. The molecule has 1 saturated carbocycles. The molecule has 1 aromatic rings. The lowest BCUT2D eigenvalue weighted by Gasteiger charge is -2.37. The van der Waals surface area contributed by atoms with Gasteiger partial charge in [-0.1, -0.05) is 19.3 Å². The summed E-state index contributed by atoms with van der Waals surface area (Å²) in [7, 11) is 0. The van der Waals surface area contributed by atoms with Gasteiger partial charge in [-0.05, 0) is 43.9 Å². The topological polar surface area (TPSA) is 64.4 Å². The molecule has 0 atom stereocenters. The van der Waals surface area contributed by atoms with Crippen LogP contribution in [0.15, 0.2) is 18.2 Å². The van der Waals surface area contributed by atoms with Crippen LogP contribution >= 0.6 is 0 Å². The maximum Gasteiger partial charge on any atom is 0.222 e. The average molecular weight is 353 g/mol. The van der Waals surface area contributed by atoms with E-state index in [1.165, 1.54) is 39.0 Å². The summed E-state index contributed by atoms with van der Waals surface area (Å²) in [6.07, 6.45) is 6.89. The van der Waals surface area contributed by atoms with Crippen molar-refractivity contribution in [1.29, 1.82) is 5.26 Å². The Hall–Kier alpha value is -2.35. The Labute approximate surface area is 155 Å². The maximum atomic E-state index is 12.6. The molecule has 1 amide bonds. The molecule has 0 spiro atoms. The van der Waals surface area contributed by atoms with Crippen LogP contribution < -0.4 is 4.90 Å². The normalized spacial score (nSPS) is 18.5. The SMILES string of the molecule is CC(=O)c1ccc(C#N)c(N2CCN(C(=O)CC3CCCCC3)CC2)c1. The monoisotopic (exact) mass is 353 g/mol. The third-order valence-corrected chi connectivity index (χ3v) is 5.69. The van der Waals surface area contributed by atoms with Gasteiger partial charge in [0.2, 0.25) is 5.91 Å². The fraction of sp³-hybridized carbons (Fsp3) is 0.571. The van der Waals surface area contributed by atoms with E-state index in [2.05, 4.69) is 11.0 Å². The van der Waals surface area contributed by atoms with Crippen molar-refractivity contribution in [2.75, 3.05) is 31.1 Å². The second-order valence-electron chi connectivity index (χ2n) is 7.48. The summed E-state index contributed by atoms with van der Waals surface area (Å²) in [6.45, 7) is 4.30. The van der Waals surface area contributed by atoms with E-state index in [1.807, 2.05) is 4.90 Å². The number of rotatable bonds is 4. The highest BCUT2D eigenvalue weighted by Crippen LogP contribution is 2.28. The van der Waals surface area contributed by atoms with E-state index in [-0.39, 0.29) is 11.7 Å². The predicted octanol–water partition coefficient (Wildman–Crippen LogP) is 3.38. The van der Waals surface area contributed by atoms with Crippen LogP contribution in [0.3, 0.4) is 0 Å². The minimum atomic E-state index is -0.00274. The maximum absolute atomic E-state index is 12.6. The molecule has 1 heterocycles. The van der Waals surface area contributed by atoms with E-state index in [9.17, 15) is 14.9 Å². The molecule has 2 aliphatic rings. The summed E-state index contributed by atoms with van der Waals surface area (Å²) < 4.78 is 0. The first kappa shape index (κ1) is 18.4. The van der Waals surface area contributed by atoms with Crippen molar-refractivity contribution < 1.29 is 9.59 Å². The Balaban J connectivity index is 1.61. The number of nitrogens with zero attached hydrogens (tertiary/aromatic N) is 3. The van der Waals surface area contributed by atoms with E-state index < -0.39 is 0 Å². The molecule has 0 unspecified atom stereocenters. The van der Waals surface area contributed by atoms with E-state index in [4.69, 9.17) is 0 Å². The molecule has 1 aliphatic carbocycles. The van der Waals surface area contributed by atoms with Crippen LogP contribution in [-0.4, -0.2) is 42.8 Å². The number of piperazine rings is 1. The van der Waals surface area contributed by atoms with Gasteiger partial charge in [0.15, 0.2) is 5.78 Å². The minimum absolute atomic E-state index is 0.00274.